The molecule has 1 unspecified atom stereocenters. The van der Waals surface area contributed by atoms with Crippen molar-refractivity contribution in [2.75, 3.05) is 13.1 Å². The predicted molar refractivity (Wildman–Crippen MR) is 133 cm³/mol. The highest BCUT2D eigenvalue weighted by atomic mass is 16.3. The molecule has 2 N–H and O–H groups in total. The summed E-state index contributed by atoms with van der Waals surface area (Å²) in [7, 11) is 0. The lowest BCUT2D eigenvalue weighted by Gasteiger charge is -2.48. The summed E-state index contributed by atoms with van der Waals surface area (Å²) in [5, 5.41) is 20.3. The van der Waals surface area contributed by atoms with Crippen LogP contribution in [0.25, 0.3) is 0 Å². The van der Waals surface area contributed by atoms with Gasteiger partial charge < -0.3 is 10.2 Å². The summed E-state index contributed by atoms with van der Waals surface area (Å²) < 4.78 is 0. The largest absolute Gasteiger partial charge is 0.393 e. The van der Waals surface area contributed by atoms with Crippen LogP contribution in [0.2, 0.25) is 0 Å². The van der Waals surface area contributed by atoms with Gasteiger partial charge in [-0.25, -0.2) is 0 Å². The zero-order chi connectivity index (χ0) is 23.1. The van der Waals surface area contributed by atoms with E-state index in [-0.39, 0.29) is 0 Å². The second kappa shape index (κ2) is 9.39. The number of hydrogen-bond acceptors (Lipinski definition) is 3. The van der Waals surface area contributed by atoms with E-state index in [0.29, 0.717) is 29.7 Å². The van der Waals surface area contributed by atoms with Crippen molar-refractivity contribution in [3.05, 3.63) is 35.5 Å². The van der Waals surface area contributed by atoms with Gasteiger partial charge in [0, 0.05) is 18.5 Å². The molecule has 6 atom stereocenters. The lowest BCUT2D eigenvalue weighted by Crippen LogP contribution is -2.50. The van der Waals surface area contributed by atoms with Gasteiger partial charge in [-0.3, -0.25) is 4.90 Å². The molecule has 1 heterocycles. The van der Waals surface area contributed by atoms with E-state index >= 15 is 0 Å². The van der Waals surface area contributed by atoms with Crippen LogP contribution >= 0.6 is 0 Å². The van der Waals surface area contributed by atoms with Gasteiger partial charge in [0.25, 0.3) is 0 Å². The predicted octanol–water partition coefficient (Wildman–Crippen LogP) is 6.03. The zero-order valence-electron chi connectivity index (χ0n) is 21.1. The molecule has 0 radical (unpaired) electrons. The summed E-state index contributed by atoms with van der Waals surface area (Å²) in [5.41, 5.74) is 4.19. The Labute approximate surface area is 196 Å². The van der Waals surface area contributed by atoms with Crippen molar-refractivity contribution in [1.82, 2.24) is 4.90 Å². The minimum absolute atomic E-state index is 0.354. The average molecular weight is 442 g/mol. The Balaban J connectivity index is 1.48. The standard InChI is InChI=1S/C29H47NO2/c1-20(19-30-16-7-6-14-28(30,3)4)25-12-13-26-22(9-8-15-29(25,26)5)10-11-23-17-24(31)18-27(32)21(23)2/h10-11,20,24-27,31-32H,2,6-9,12-19H2,1,3-5H3/b22-10+,23-11-/t20?,24-,25-,26+,27+,29-/m1/s1. The molecule has 0 spiro atoms. The highest BCUT2D eigenvalue weighted by molar-refractivity contribution is 5.38. The minimum Gasteiger partial charge on any atom is -0.393 e. The van der Waals surface area contributed by atoms with Gasteiger partial charge in [0.15, 0.2) is 0 Å². The highest BCUT2D eigenvalue weighted by Gasteiger charge is 2.51. The van der Waals surface area contributed by atoms with Gasteiger partial charge in [-0.1, -0.05) is 44.6 Å². The molecular weight excluding hydrogens is 394 g/mol. The third kappa shape index (κ3) is 4.68. The molecular formula is C29H47NO2. The van der Waals surface area contributed by atoms with E-state index in [4.69, 9.17) is 0 Å². The van der Waals surface area contributed by atoms with Gasteiger partial charge in [0.2, 0.25) is 0 Å². The van der Waals surface area contributed by atoms with Crippen LogP contribution in [0, 0.1) is 23.2 Å². The lowest BCUT2D eigenvalue weighted by atomic mass is 9.61. The van der Waals surface area contributed by atoms with Crippen LogP contribution in [0.15, 0.2) is 35.5 Å². The van der Waals surface area contributed by atoms with Gasteiger partial charge in [0.1, 0.15) is 0 Å². The molecule has 180 valence electrons. The molecule has 0 aromatic carbocycles. The lowest BCUT2D eigenvalue weighted by molar-refractivity contribution is 0.0256. The van der Waals surface area contributed by atoms with Crippen LogP contribution in [-0.4, -0.2) is 45.9 Å². The van der Waals surface area contributed by atoms with Crippen LogP contribution in [0.1, 0.15) is 91.9 Å². The maximum Gasteiger partial charge on any atom is 0.0811 e. The van der Waals surface area contributed by atoms with Crippen molar-refractivity contribution in [2.45, 2.75) is 110 Å². The summed E-state index contributed by atoms with van der Waals surface area (Å²) >= 11 is 0. The number of nitrogens with zero attached hydrogens (tertiary/aromatic N) is 1. The topological polar surface area (TPSA) is 43.7 Å². The zero-order valence-corrected chi connectivity index (χ0v) is 21.1. The summed E-state index contributed by atoms with van der Waals surface area (Å²) in [4.78, 5) is 2.78. The number of rotatable bonds is 4. The molecule has 4 rings (SSSR count). The first-order chi connectivity index (χ1) is 15.1. The number of likely N-dealkylation sites (tertiary alicyclic amines) is 1. The van der Waals surface area contributed by atoms with Crippen molar-refractivity contribution in [1.29, 1.82) is 0 Å². The van der Waals surface area contributed by atoms with Crippen LogP contribution in [0.3, 0.4) is 0 Å². The molecule has 1 saturated heterocycles. The van der Waals surface area contributed by atoms with E-state index < -0.39 is 12.2 Å². The fourth-order valence-electron chi connectivity index (χ4n) is 7.81. The van der Waals surface area contributed by atoms with Crippen LogP contribution in [0.4, 0.5) is 0 Å². The molecule has 3 nitrogen and oxygen atoms in total. The molecule has 0 bridgehead atoms. The Morgan fingerprint density at radius 3 is 2.62 bits per heavy atom. The van der Waals surface area contributed by atoms with E-state index in [1.54, 1.807) is 5.57 Å². The molecule has 4 aliphatic rings. The maximum atomic E-state index is 10.2. The molecule has 0 aromatic heterocycles. The fraction of sp³-hybridized carbons (Fsp3) is 0.793. The molecule has 1 aliphatic heterocycles. The fourth-order valence-corrected chi connectivity index (χ4v) is 7.81. The highest BCUT2D eigenvalue weighted by Crippen LogP contribution is 2.59. The van der Waals surface area contributed by atoms with E-state index in [2.05, 4.69) is 51.3 Å². The van der Waals surface area contributed by atoms with E-state index in [0.717, 1.165) is 23.0 Å². The summed E-state index contributed by atoms with van der Waals surface area (Å²) in [5.74, 6) is 2.22. The molecule has 0 aromatic rings. The second-order valence-electron chi connectivity index (χ2n) is 12.4. The number of aliphatic hydroxyl groups is 2. The third-order valence-electron chi connectivity index (χ3n) is 9.82. The van der Waals surface area contributed by atoms with E-state index in [9.17, 15) is 10.2 Å². The van der Waals surface area contributed by atoms with Crippen molar-refractivity contribution >= 4 is 0 Å². The van der Waals surface area contributed by atoms with Gasteiger partial charge in [-0.05, 0) is 106 Å². The van der Waals surface area contributed by atoms with Crippen molar-refractivity contribution in [3.8, 4) is 0 Å². The maximum absolute atomic E-state index is 10.2. The first-order valence-corrected chi connectivity index (χ1v) is 13.3. The number of piperidine rings is 1. The Morgan fingerprint density at radius 2 is 1.88 bits per heavy atom. The Hall–Kier alpha value is -0.900. The summed E-state index contributed by atoms with van der Waals surface area (Å²) in [6.07, 6.45) is 15.1. The Kier molecular flexibility index (Phi) is 7.11. The summed E-state index contributed by atoms with van der Waals surface area (Å²) in [6, 6.07) is 0. The second-order valence-corrected chi connectivity index (χ2v) is 12.4. The Bertz CT molecular complexity index is 765. The quantitative estimate of drug-likeness (QED) is 0.560. The number of hydrogen-bond donors (Lipinski definition) is 2. The van der Waals surface area contributed by atoms with Gasteiger partial charge in [-0.2, -0.15) is 0 Å². The first kappa shape index (κ1) is 24.2. The number of allylic oxidation sites excluding steroid dienone is 3. The Morgan fingerprint density at radius 1 is 1.09 bits per heavy atom. The normalized spacial score (nSPS) is 41.8. The monoisotopic (exact) mass is 441 g/mol. The number of fused-ring (bicyclic) bond motifs is 1. The van der Waals surface area contributed by atoms with Crippen molar-refractivity contribution in [2.24, 2.45) is 23.2 Å². The van der Waals surface area contributed by atoms with Gasteiger partial charge in [0.05, 0.1) is 12.2 Å². The molecule has 3 aliphatic carbocycles. The van der Waals surface area contributed by atoms with Crippen LogP contribution < -0.4 is 0 Å². The first-order valence-electron chi connectivity index (χ1n) is 13.3. The average Bonchev–Trinajstić information content (AvgIpc) is 3.08. The van der Waals surface area contributed by atoms with E-state index in [1.807, 2.05) is 0 Å². The molecule has 32 heavy (non-hydrogen) atoms. The SMILES string of the molecule is C=C1/C(=C\C=C2/CCC[C@]3(C)[C@@H](C(C)CN4CCCCC4(C)C)CC[C@@H]23)C[C@@H](O)C[C@@H]1O. The van der Waals surface area contributed by atoms with Crippen molar-refractivity contribution in [3.63, 3.8) is 0 Å². The van der Waals surface area contributed by atoms with Crippen LogP contribution in [-0.2, 0) is 0 Å². The molecule has 3 saturated carbocycles. The van der Waals surface area contributed by atoms with Crippen molar-refractivity contribution < 1.29 is 10.2 Å². The van der Waals surface area contributed by atoms with Gasteiger partial charge in [-0.15, -0.1) is 0 Å². The molecule has 0 amide bonds. The number of aliphatic hydroxyl groups excluding tert-OH is 2. The summed E-state index contributed by atoms with van der Waals surface area (Å²) in [6.45, 7) is 16.6. The van der Waals surface area contributed by atoms with Gasteiger partial charge >= 0.3 is 0 Å². The molecule has 4 fully saturated rings. The smallest absolute Gasteiger partial charge is 0.0811 e. The molecule has 3 heteroatoms. The van der Waals surface area contributed by atoms with Crippen LogP contribution in [0.5, 0.6) is 0 Å². The third-order valence-corrected chi connectivity index (χ3v) is 9.82. The van der Waals surface area contributed by atoms with E-state index in [1.165, 1.54) is 64.5 Å². The minimum atomic E-state index is -0.601.